The molecule has 2 atom stereocenters. The predicted octanol–water partition coefficient (Wildman–Crippen LogP) is 2.56. The summed E-state index contributed by atoms with van der Waals surface area (Å²) in [6, 6.07) is 1.88. The van der Waals surface area contributed by atoms with Gasteiger partial charge in [-0.25, -0.2) is 0 Å². The van der Waals surface area contributed by atoms with Gasteiger partial charge in [0.1, 0.15) is 17.8 Å². The Bertz CT molecular complexity index is 505. The van der Waals surface area contributed by atoms with E-state index in [0.29, 0.717) is 17.8 Å². The summed E-state index contributed by atoms with van der Waals surface area (Å²) in [5.41, 5.74) is 0.606. The van der Waals surface area contributed by atoms with E-state index in [4.69, 9.17) is 4.42 Å². The summed E-state index contributed by atoms with van der Waals surface area (Å²) in [4.78, 5) is 26.3. The standard InChI is InChI=1S/C15H19NO3/c1-10-8-11(9-19-10)15(18)16-7-3-5-13(16)12-4-2-6-14(12)17/h8-9,12-13H,2-7H2,1H3. The summed E-state index contributed by atoms with van der Waals surface area (Å²) in [6.45, 7) is 2.59. The van der Waals surface area contributed by atoms with Gasteiger partial charge in [-0.05, 0) is 38.7 Å². The van der Waals surface area contributed by atoms with Gasteiger partial charge in [-0.15, -0.1) is 0 Å². The summed E-state index contributed by atoms with van der Waals surface area (Å²) in [5, 5.41) is 0. The molecule has 1 saturated carbocycles. The van der Waals surface area contributed by atoms with E-state index in [0.717, 1.165) is 38.0 Å². The van der Waals surface area contributed by atoms with Crippen LogP contribution in [0.1, 0.15) is 48.2 Å². The number of nitrogens with zero attached hydrogens (tertiary/aromatic N) is 1. The molecule has 0 aromatic carbocycles. The Morgan fingerprint density at radius 2 is 2.21 bits per heavy atom. The topological polar surface area (TPSA) is 50.5 Å². The van der Waals surface area contributed by atoms with Crippen LogP contribution >= 0.6 is 0 Å². The molecule has 1 aromatic heterocycles. The third kappa shape index (κ3) is 2.20. The number of rotatable bonds is 2. The molecule has 0 bridgehead atoms. The lowest BCUT2D eigenvalue weighted by Crippen LogP contribution is -2.41. The molecular formula is C15H19NO3. The van der Waals surface area contributed by atoms with Crippen LogP contribution in [0.5, 0.6) is 0 Å². The zero-order valence-corrected chi connectivity index (χ0v) is 11.2. The fraction of sp³-hybridized carbons (Fsp3) is 0.600. The Morgan fingerprint density at radius 1 is 1.37 bits per heavy atom. The van der Waals surface area contributed by atoms with E-state index in [2.05, 4.69) is 0 Å². The highest BCUT2D eigenvalue weighted by molar-refractivity contribution is 5.95. The molecule has 3 rings (SSSR count). The molecule has 2 fully saturated rings. The van der Waals surface area contributed by atoms with Crippen molar-refractivity contribution < 1.29 is 14.0 Å². The molecule has 1 saturated heterocycles. The third-order valence-corrected chi connectivity index (χ3v) is 4.35. The Kier molecular flexibility index (Phi) is 3.17. The lowest BCUT2D eigenvalue weighted by molar-refractivity contribution is -0.121. The second-order valence-electron chi connectivity index (χ2n) is 5.62. The fourth-order valence-electron chi connectivity index (χ4n) is 3.43. The molecule has 0 spiro atoms. The van der Waals surface area contributed by atoms with E-state index in [-0.39, 0.29) is 17.9 Å². The van der Waals surface area contributed by atoms with E-state index < -0.39 is 0 Å². The zero-order chi connectivity index (χ0) is 13.4. The Hall–Kier alpha value is -1.58. The van der Waals surface area contributed by atoms with Crippen LogP contribution in [0.3, 0.4) is 0 Å². The van der Waals surface area contributed by atoms with Gasteiger partial charge >= 0.3 is 0 Å². The Balaban J connectivity index is 1.79. The molecule has 2 heterocycles. The first-order chi connectivity index (χ1) is 9.16. The number of likely N-dealkylation sites (tertiary alicyclic amines) is 1. The maximum Gasteiger partial charge on any atom is 0.257 e. The molecule has 2 aliphatic rings. The van der Waals surface area contributed by atoms with Crippen LogP contribution in [0.2, 0.25) is 0 Å². The van der Waals surface area contributed by atoms with Gasteiger partial charge in [0.2, 0.25) is 0 Å². The van der Waals surface area contributed by atoms with Crippen LogP contribution in [0.4, 0.5) is 0 Å². The molecule has 1 aliphatic carbocycles. The minimum Gasteiger partial charge on any atom is -0.469 e. The van der Waals surface area contributed by atoms with E-state index >= 15 is 0 Å². The minimum absolute atomic E-state index is 0.0130. The SMILES string of the molecule is Cc1cc(C(=O)N2CCCC2C2CCCC2=O)co1. The summed E-state index contributed by atoms with van der Waals surface area (Å²) in [6.07, 6.45) is 6.08. The Labute approximate surface area is 112 Å². The molecule has 1 aromatic rings. The summed E-state index contributed by atoms with van der Waals surface area (Å²) < 4.78 is 5.21. The maximum absolute atomic E-state index is 12.5. The number of carbonyl (C=O) groups is 2. The van der Waals surface area contributed by atoms with Crippen molar-refractivity contribution in [1.29, 1.82) is 0 Å². The number of amides is 1. The van der Waals surface area contributed by atoms with Crippen molar-refractivity contribution in [1.82, 2.24) is 4.90 Å². The lowest BCUT2D eigenvalue weighted by atomic mass is 9.95. The second kappa shape index (κ2) is 4.83. The van der Waals surface area contributed by atoms with Crippen molar-refractivity contribution >= 4 is 11.7 Å². The van der Waals surface area contributed by atoms with Gasteiger partial charge in [-0.2, -0.15) is 0 Å². The molecule has 0 radical (unpaired) electrons. The molecule has 2 unspecified atom stereocenters. The molecule has 1 aliphatic heterocycles. The van der Waals surface area contributed by atoms with E-state index in [1.54, 1.807) is 6.07 Å². The van der Waals surface area contributed by atoms with Crippen molar-refractivity contribution in [2.75, 3.05) is 6.54 Å². The number of ketones is 1. The molecule has 1 amide bonds. The Morgan fingerprint density at radius 3 is 2.84 bits per heavy atom. The van der Waals surface area contributed by atoms with Crippen LogP contribution in [0.25, 0.3) is 0 Å². The average molecular weight is 261 g/mol. The lowest BCUT2D eigenvalue weighted by Gasteiger charge is -2.28. The van der Waals surface area contributed by atoms with Crippen molar-refractivity contribution in [3.05, 3.63) is 23.7 Å². The number of hydrogen-bond donors (Lipinski definition) is 0. The normalized spacial score (nSPS) is 27.2. The van der Waals surface area contributed by atoms with Crippen LogP contribution in [0, 0.1) is 12.8 Å². The predicted molar refractivity (Wildman–Crippen MR) is 69.9 cm³/mol. The van der Waals surface area contributed by atoms with Crippen LogP contribution in [-0.4, -0.2) is 29.2 Å². The number of furan rings is 1. The first-order valence-corrected chi connectivity index (χ1v) is 7.05. The zero-order valence-electron chi connectivity index (χ0n) is 11.2. The van der Waals surface area contributed by atoms with Crippen LogP contribution in [0.15, 0.2) is 16.7 Å². The highest BCUT2D eigenvalue weighted by atomic mass is 16.3. The molecule has 4 nitrogen and oxygen atoms in total. The minimum atomic E-state index is 0.0130. The van der Waals surface area contributed by atoms with Gasteiger partial charge in [0.05, 0.1) is 5.56 Å². The van der Waals surface area contributed by atoms with Crippen molar-refractivity contribution in [3.63, 3.8) is 0 Å². The van der Waals surface area contributed by atoms with Gasteiger partial charge in [-0.1, -0.05) is 0 Å². The highest BCUT2D eigenvalue weighted by Gasteiger charge is 2.40. The van der Waals surface area contributed by atoms with Crippen LogP contribution < -0.4 is 0 Å². The van der Waals surface area contributed by atoms with Gasteiger partial charge < -0.3 is 9.32 Å². The second-order valence-corrected chi connectivity index (χ2v) is 5.62. The monoisotopic (exact) mass is 261 g/mol. The molecule has 19 heavy (non-hydrogen) atoms. The summed E-state index contributed by atoms with van der Waals surface area (Å²) in [5.74, 6) is 1.17. The summed E-state index contributed by atoms with van der Waals surface area (Å²) >= 11 is 0. The highest BCUT2D eigenvalue weighted by Crippen LogP contribution is 2.34. The molecule has 4 heteroatoms. The van der Waals surface area contributed by atoms with Crippen molar-refractivity contribution in [3.8, 4) is 0 Å². The van der Waals surface area contributed by atoms with Crippen molar-refractivity contribution in [2.24, 2.45) is 5.92 Å². The van der Waals surface area contributed by atoms with Gasteiger partial charge in [0, 0.05) is 24.9 Å². The number of Topliss-reactive ketones (excluding diaryl/α,β-unsaturated/α-hetero) is 1. The van der Waals surface area contributed by atoms with Gasteiger partial charge in [0.25, 0.3) is 5.91 Å². The van der Waals surface area contributed by atoms with E-state index in [1.165, 1.54) is 6.26 Å². The maximum atomic E-state index is 12.5. The van der Waals surface area contributed by atoms with Crippen molar-refractivity contribution in [2.45, 2.75) is 45.1 Å². The van der Waals surface area contributed by atoms with E-state index in [1.807, 2.05) is 11.8 Å². The summed E-state index contributed by atoms with van der Waals surface area (Å²) in [7, 11) is 0. The molecule has 102 valence electrons. The quantitative estimate of drug-likeness (QED) is 0.822. The van der Waals surface area contributed by atoms with Crippen LogP contribution in [-0.2, 0) is 4.79 Å². The van der Waals surface area contributed by atoms with Gasteiger partial charge in [0.15, 0.2) is 0 Å². The first kappa shape index (κ1) is 12.5. The fourth-order valence-corrected chi connectivity index (χ4v) is 3.43. The molecule has 0 N–H and O–H groups in total. The van der Waals surface area contributed by atoms with Gasteiger partial charge in [-0.3, -0.25) is 9.59 Å². The smallest absolute Gasteiger partial charge is 0.257 e. The third-order valence-electron chi connectivity index (χ3n) is 4.35. The van der Waals surface area contributed by atoms with E-state index in [9.17, 15) is 9.59 Å². The number of carbonyl (C=O) groups excluding carboxylic acids is 2. The molecular weight excluding hydrogens is 242 g/mol. The largest absolute Gasteiger partial charge is 0.469 e. The first-order valence-electron chi connectivity index (χ1n) is 7.05. The number of hydrogen-bond acceptors (Lipinski definition) is 3. The number of aryl methyl sites for hydroxylation is 1. The average Bonchev–Trinajstić information content (AvgIpc) is 3.07.